The van der Waals surface area contributed by atoms with Crippen molar-refractivity contribution in [2.24, 2.45) is 0 Å². The quantitative estimate of drug-likeness (QED) is 0.891. The molecule has 21 heavy (non-hydrogen) atoms. The molecule has 1 heterocycles. The van der Waals surface area contributed by atoms with E-state index in [0.29, 0.717) is 4.90 Å². The zero-order valence-electron chi connectivity index (χ0n) is 12.1. The Labute approximate surface area is 133 Å². The van der Waals surface area contributed by atoms with Crippen molar-refractivity contribution in [3.8, 4) is 0 Å². The van der Waals surface area contributed by atoms with Crippen molar-refractivity contribution in [2.45, 2.75) is 49.5 Å². The first-order valence-corrected chi connectivity index (χ1v) is 8.98. The molecule has 1 aliphatic carbocycles. The molecule has 0 bridgehead atoms. The van der Waals surface area contributed by atoms with Crippen LogP contribution in [0.3, 0.4) is 0 Å². The molecule has 118 valence electrons. The number of nitrogens with one attached hydrogen (secondary N) is 2. The molecule has 6 heteroatoms. The second-order valence-electron chi connectivity index (χ2n) is 5.80. The van der Waals surface area contributed by atoms with Gasteiger partial charge in [-0.2, -0.15) is 0 Å². The maximum Gasteiger partial charge on any atom is 0.240 e. The Hall–Kier alpha value is -0.620. The molecular formula is C15H23ClN2O2S. The first kappa shape index (κ1) is 16.7. The zero-order chi connectivity index (χ0) is 14.0. The van der Waals surface area contributed by atoms with Gasteiger partial charge in [0.2, 0.25) is 10.0 Å². The third kappa shape index (κ3) is 3.97. The van der Waals surface area contributed by atoms with Crippen molar-refractivity contribution >= 4 is 22.4 Å². The van der Waals surface area contributed by atoms with Crippen LogP contribution >= 0.6 is 12.4 Å². The average molecular weight is 331 g/mol. The zero-order valence-corrected chi connectivity index (χ0v) is 13.7. The number of hydrogen-bond acceptors (Lipinski definition) is 3. The monoisotopic (exact) mass is 330 g/mol. The third-order valence-electron chi connectivity index (χ3n) is 4.25. The van der Waals surface area contributed by atoms with Gasteiger partial charge in [-0.3, -0.25) is 0 Å². The van der Waals surface area contributed by atoms with Crippen molar-refractivity contribution in [1.29, 1.82) is 0 Å². The molecule has 1 aliphatic heterocycles. The number of fused-ring (bicyclic) bond motifs is 1. The number of piperidine rings is 1. The topological polar surface area (TPSA) is 58.2 Å². The Morgan fingerprint density at radius 1 is 1.10 bits per heavy atom. The predicted octanol–water partition coefficient (Wildman–Crippen LogP) is 2.02. The van der Waals surface area contributed by atoms with Crippen molar-refractivity contribution in [3.05, 3.63) is 29.3 Å². The lowest BCUT2D eigenvalue weighted by Gasteiger charge is -2.24. The molecule has 1 fully saturated rings. The van der Waals surface area contributed by atoms with Gasteiger partial charge in [-0.15, -0.1) is 12.4 Å². The maximum atomic E-state index is 12.4. The molecule has 1 atom stereocenters. The van der Waals surface area contributed by atoms with Crippen LogP contribution in [0.4, 0.5) is 0 Å². The van der Waals surface area contributed by atoms with Gasteiger partial charge in [0.15, 0.2) is 0 Å². The molecule has 1 aromatic carbocycles. The van der Waals surface area contributed by atoms with Crippen LogP contribution in [0, 0.1) is 0 Å². The van der Waals surface area contributed by atoms with Crippen LogP contribution in [0.25, 0.3) is 0 Å². The van der Waals surface area contributed by atoms with E-state index in [1.807, 2.05) is 12.1 Å². The second kappa shape index (κ2) is 7.09. The predicted molar refractivity (Wildman–Crippen MR) is 86.5 cm³/mol. The van der Waals surface area contributed by atoms with Gasteiger partial charge in [0.25, 0.3) is 0 Å². The summed E-state index contributed by atoms with van der Waals surface area (Å²) in [7, 11) is -3.38. The molecule has 0 spiro atoms. The number of sulfonamides is 1. The van der Waals surface area contributed by atoms with Crippen LogP contribution in [0.5, 0.6) is 0 Å². The minimum absolute atomic E-state index is 0. The third-order valence-corrected chi connectivity index (χ3v) is 5.77. The van der Waals surface area contributed by atoms with E-state index in [2.05, 4.69) is 10.0 Å². The molecule has 0 radical (unpaired) electrons. The molecule has 1 aromatic rings. The summed E-state index contributed by atoms with van der Waals surface area (Å²) in [4.78, 5) is 0.420. The number of benzene rings is 1. The molecule has 0 aromatic heterocycles. The number of halogens is 1. The summed E-state index contributed by atoms with van der Waals surface area (Å²) in [5, 5.41) is 3.23. The second-order valence-corrected chi connectivity index (χ2v) is 7.52. The molecule has 3 rings (SSSR count). The molecular weight excluding hydrogens is 308 g/mol. The van der Waals surface area contributed by atoms with Crippen molar-refractivity contribution < 1.29 is 8.42 Å². The van der Waals surface area contributed by atoms with E-state index in [9.17, 15) is 8.42 Å². The summed E-state index contributed by atoms with van der Waals surface area (Å²) in [6.45, 7) is 1.71. The van der Waals surface area contributed by atoms with Crippen LogP contribution in [-0.4, -0.2) is 27.5 Å². The summed E-state index contributed by atoms with van der Waals surface area (Å²) in [6.07, 6.45) is 6.40. The highest BCUT2D eigenvalue weighted by Gasteiger charge is 2.22. The highest BCUT2D eigenvalue weighted by molar-refractivity contribution is 7.89. The van der Waals surface area contributed by atoms with Crippen LogP contribution in [0.15, 0.2) is 23.1 Å². The van der Waals surface area contributed by atoms with Gasteiger partial charge in [0.1, 0.15) is 0 Å². The van der Waals surface area contributed by atoms with E-state index in [0.717, 1.165) is 45.2 Å². The van der Waals surface area contributed by atoms with Crippen molar-refractivity contribution in [1.82, 2.24) is 10.0 Å². The first-order valence-electron chi connectivity index (χ1n) is 7.50. The highest BCUT2D eigenvalue weighted by Crippen LogP contribution is 2.24. The first-order chi connectivity index (χ1) is 9.65. The standard InChI is InChI=1S/C15H22N2O2S.ClH/c18-20(19,17-14-6-3-9-16-11-14)15-8-7-12-4-1-2-5-13(12)10-15;/h7-8,10,14,16-17H,1-6,9,11H2;1H/t14-;/m0./s1. The van der Waals surface area contributed by atoms with Gasteiger partial charge >= 0.3 is 0 Å². The summed E-state index contributed by atoms with van der Waals surface area (Å²) >= 11 is 0. The SMILES string of the molecule is Cl.O=S(=O)(N[C@H]1CCCNC1)c1ccc2c(c1)CCCC2. The fraction of sp³-hybridized carbons (Fsp3) is 0.600. The van der Waals surface area contributed by atoms with Gasteiger partial charge in [-0.1, -0.05) is 6.07 Å². The van der Waals surface area contributed by atoms with Crippen molar-refractivity contribution in [2.75, 3.05) is 13.1 Å². The molecule has 1 saturated heterocycles. The molecule has 2 N–H and O–H groups in total. The lowest BCUT2D eigenvalue weighted by Crippen LogP contribution is -2.45. The maximum absolute atomic E-state index is 12.4. The molecule has 4 nitrogen and oxygen atoms in total. The van der Waals surface area contributed by atoms with Gasteiger partial charge in [0, 0.05) is 12.6 Å². The van der Waals surface area contributed by atoms with E-state index in [1.54, 1.807) is 6.07 Å². The van der Waals surface area contributed by atoms with Crippen LogP contribution in [0.1, 0.15) is 36.8 Å². The van der Waals surface area contributed by atoms with E-state index >= 15 is 0 Å². The Morgan fingerprint density at radius 3 is 2.57 bits per heavy atom. The summed E-state index contributed by atoms with van der Waals surface area (Å²) in [5.74, 6) is 0. The van der Waals surface area contributed by atoms with E-state index in [-0.39, 0.29) is 18.4 Å². The Bertz CT molecular complexity index is 583. The minimum Gasteiger partial charge on any atom is -0.315 e. The van der Waals surface area contributed by atoms with Gasteiger partial charge in [0.05, 0.1) is 4.90 Å². The smallest absolute Gasteiger partial charge is 0.240 e. The summed E-state index contributed by atoms with van der Waals surface area (Å²) in [6, 6.07) is 5.63. The Balaban J connectivity index is 0.00000161. The van der Waals surface area contributed by atoms with Gasteiger partial charge in [-0.25, -0.2) is 13.1 Å². The lowest BCUT2D eigenvalue weighted by molar-refractivity contribution is 0.428. The highest BCUT2D eigenvalue weighted by atomic mass is 35.5. The van der Waals surface area contributed by atoms with Crippen LogP contribution in [-0.2, 0) is 22.9 Å². The lowest BCUT2D eigenvalue weighted by atomic mass is 9.92. The Kier molecular flexibility index (Phi) is 5.66. The molecule has 0 unspecified atom stereocenters. The minimum atomic E-state index is -3.38. The molecule has 0 saturated carbocycles. The summed E-state index contributed by atoms with van der Waals surface area (Å²) < 4.78 is 27.7. The average Bonchev–Trinajstić information content (AvgIpc) is 2.47. The van der Waals surface area contributed by atoms with Gasteiger partial charge in [-0.05, 0) is 68.3 Å². The van der Waals surface area contributed by atoms with Gasteiger partial charge < -0.3 is 5.32 Å². The number of hydrogen-bond donors (Lipinski definition) is 2. The van der Waals surface area contributed by atoms with Crippen molar-refractivity contribution in [3.63, 3.8) is 0 Å². The van der Waals surface area contributed by atoms with Crippen LogP contribution in [0.2, 0.25) is 0 Å². The number of aryl methyl sites for hydroxylation is 2. The summed E-state index contributed by atoms with van der Waals surface area (Å²) in [5.41, 5.74) is 2.52. The fourth-order valence-electron chi connectivity index (χ4n) is 3.12. The van der Waals surface area contributed by atoms with E-state index in [1.165, 1.54) is 17.5 Å². The Morgan fingerprint density at radius 2 is 1.86 bits per heavy atom. The number of rotatable bonds is 3. The largest absolute Gasteiger partial charge is 0.315 e. The molecule has 0 amide bonds. The van der Waals surface area contributed by atoms with Crippen LogP contribution < -0.4 is 10.0 Å². The molecule has 2 aliphatic rings. The van der Waals surface area contributed by atoms with E-state index < -0.39 is 10.0 Å². The normalized spacial score (nSPS) is 22.2. The fourth-order valence-corrected chi connectivity index (χ4v) is 4.44. The van der Waals surface area contributed by atoms with E-state index in [4.69, 9.17) is 0 Å².